The summed E-state index contributed by atoms with van der Waals surface area (Å²) >= 11 is 0. The van der Waals surface area contributed by atoms with Gasteiger partial charge in [0, 0.05) is 6.04 Å². The first-order chi connectivity index (χ1) is 8.58. The zero-order valence-electron chi connectivity index (χ0n) is 10.7. The second-order valence-electron chi connectivity index (χ2n) is 5.74. The van der Waals surface area contributed by atoms with Crippen LogP contribution in [0.1, 0.15) is 33.1 Å². The third kappa shape index (κ3) is 1.70. The van der Waals surface area contributed by atoms with Crippen molar-refractivity contribution in [2.75, 3.05) is 11.1 Å². The molecule has 1 aromatic carbocycles. The molecule has 0 amide bonds. The highest BCUT2D eigenvalue weighted by Gasteiger charge is 2.34. The van der Waals surface area contributed by atoms with Crippen molar-refractivity contribution >= 4 is 22.4 Å². The van der Waals surface area contributed by atoms with Gasteiger partial charge in [0.15, 0.2) is 11.0 Å². The number of hydrogen-bond donors (Lipinski definition) is 2. The maximum Gasteiger partial charge on any atom is 0.160 e. The standard InChI is InChI=1S/C13H18N4O/c1-13(2)7-3-4-10(13)15-9-6-5-8(14)11-12(9)17-18-16-11/h5-6,10,15H,3-4,7,14H2,1-2H3. The lowest BCUT2D eigenvalue weighted by Gasteiger charge is -2.28. The zero-order chi connectivity index (χ0) is 12.8. The van der Waals surface area contributed by atoms with E-state index >= 15 is 0 Å². The summed E-state index contributed by atoms with van der Waals surface area (Å²) in [6.45, 7) is 4.60. The molecule has 1 saturated carbocycles. The molecule has 1 atom stereocenters. The zero-order valence-corrected chi connectivity index (χ0v) is 10.7. The molecule has 5 heteroatoms. The van der Waals surface area contributed by atoms with Crippen molar-refractivity contribution in [1.82, 2.24) is 10.3 Å². The van der Waals surface area contributed by atoms with E-state index in [1.54, 1.807) is 0 Å². The second kappa shape index (κ2) is 3.86. The Balaban J connectivity index is 1.96. The largest absolute Gasteiger partial charge is 0.397 e. The summed E-state index contributed by atoms with van der Waals surface area (Å²) in [6.07, 6.45) is 3.70. The maximum absolute atomic E-state index is 5.84. The van der Waals surface area contributed by atoms with Crippen molar-refractivity contribution in [3.63, 3.8) is 0 Å². The van der Waals surface area contributed by atoms with E-state index in [2.05, 4.69) is 29.5 Å². The minimum Gasteiger partial charge on any atom is -0.397 e. The van der Waals surface area contributed by atoms with Gasteiger partial charge in [-0.25, -0.2) is 4.63 Å². The molecule has 1 aliphatic rings. The number of aromatic nitrogens is 2. The van der Waals surface area contributed by atoms with Gasteiger partial charge < -0.3 is 11.1 Å². The van der Waals surface area contributed by atoms with Crippen LogP contribution >= 0.6 is 0 Å². The normalized spacial score (nSPS) is 22.4. The van der Waals surface area contributed by atoms with Gasteiger partial charge in [0.25, 0.3) is 0 Å². The topological polar surface area (TPSA) is 77.0 Å². The van der Waals surface area contributed by atoms with Crippen LogP contribution in [0.3, 0.4) is 0 Å². The first-order valence-electron chi connectivity index (χ1n) is 6.35. The lowest BCUT2D eigenvalue weighted by molar-refractivity contribution is 0.315. The molecule has 96 valence electrons. The summed E-state index contributed by atoms with van der Waals surface area (Å²) in [5.74, 6) is 0. The molecule has 0 bridgehead atoms. The number of benzene rings is 1. The van der Waals surface area contributed by atoms with Crippen LogP contribution in [-0.4, -0.2) is 16.4 Å². The van der Waals surface area contributed by atoms with E-state index in [-0.39, 0.29) is 0 Å². The highest BCUT2D eigenvalue weighted by Crippen LogP contribution is 2.40. The molecule has 0 aliphatic heterocycles. The van der Waals surface area contributed by atoms with Crippen LogP contribution in [0.25, 0.3) is 11.0 Å². The van der Waals surface area contributed by atoms with E-state index in [9.17, 15) is 0 Å². The number of fused-ring (bicyclic) bond motifs is 1. The molecule has 5 nitrogen and oxygen atoms in total. The van der Waals surface area contributed by atoms with E-state index in [1.807, 2.05) is 12.1 Å². The predicted molar refractivity (Wildman–Crippen MR) is 71.3 cm³/mol. The molecule has 0 spiro atoms. The van der Waals surface area contributed by atoms with Crippen molar-refractivity contribution < 1.29 is 4.63 Å². The Kier molecular flexibility index (Phi) is 2.43. The summed E-state index contributed by atoms with van der Waals surface area (Å²) < 4.78 is 4.78. The van der Waals surface area contributed by atoms with Gasteiger partial charge in [0.2, 0.25) is 0 Å². The van der Waals surface area contributed by atoms with Crippen LogP contribution in [-0.2, 0) is 0 Å². The molecular formula is C13H18N4O. The maximum atomic E-state index is 5.84. The minimum atomic E-state index is 0.310. The number of hydrogen-bond acceptors (Lipinski definition) is 5. The van der Waals surface area contributed by atoms with Gasteiger partial charge in [-0.3, -0.25) is 0 Å². The van der Waals surface area contributed by atoms with Gasteiger partial charge in [-0.1, -0.05) is 20.3 Å². The molecule has 1 heterocycles. The van der Waals surface area contributed by atoms with Crippen molar-refractivity contribution in [2.24, 2.45) is 5.41 Å². The molecule has 3 N–H and O–H groups in total. The van der Waals surface area contributed by atoms with Crippen LogP contribution in [0.4, 0.5) is 11.4 Å². The van der Waals surface area contributed by atoms with Gasteiger partial charge >= 0.3 is 0 Å². The molecule has 3 rings (SSSR count). The van der Waals surface area contributed by atoms with E-state index < -0.39 is 0 Å². The van der Waals surface area contributed by atoms with E-state index in [0.29, 0.717) is 22.7 Å². The first-order valence-corrected chi connectivity index (χ1v) is 6.35. The summed E-state index contributed by atoms with van der Waals surface area (Å²) in [5.41, 5.74) is 9.06. The Labute approximate surface area is 106 Å². The average Bonchev–Trinajstić information content (AvgIpc) is 2.90. The van der Waals surface area contributed by atoms with Crippen molar-refractivity contribution in [3.8, 4) is 0 Å². The quantitative estimate of drug-likeness (QED) is 0.797. The fourth-order valence-corrected chi connectivity index (χ4v) is 2.78. The van der Waals surface area contributed by atoms with Crippen molar-refractivity contribution in [3.05, 3.63) is 12.1 Å². The molecule has 1 unspecified atom stereocenters. The number of nitrogen functional groups attached to an aromatic ring is 1. The monoisotopic (exact) mass is 246 g/mol. The fourth-order valence-electron chi connectivity index (χ4n) is 2.78. The Hall–Kier alpha value is -1.78. The highest BCUT2D eigenvalue weighted by molar-refractivity contribution is 5.95. The van der Waals surface area contributed by atoms with Gasteiger partial charge in [0.05, 0.1) is 11.4 Å². The van der Waals surface area contributed by atoms with Gasteiger partial charge in [-0.05, 0) is 40.7 Å². The Morgan fingerprint density at radius 3 is 2.83 bits per heavy atom. The van der Waals surface area contributed by atoms with Crippen LogP contribution in [0, 0.1) is 5.41 Å². The molecule has 0 saturated heterocycles. The molecule has 1 fully saturated rings. The molecule has 1 aliphatic carbocycles. The minimum absolute atomic E-state index is 0.310. The lowest BCUT2D eigenvalue weighted by Crippen LogP contribution is -2.30. The molecular weight excluding hydrogens is 228 g/mol. The number of nitrogens with one attached hydrogen (secondary N) is 1. The van der Waals surface area contributed by atoms with Crippen LogP contribution < -0.4 is 11.1 Å². The third-order valence-corrected chi connectivity index (χ3v) is 4.03. The SMILES string of the molecule is CC1(C)CCCC1Nc1ccc(N)c2nonc12. The average molecular weight is 246 g/mol. The van der Waals surface area contributed by atoms with Gasteiger partial charge in [-0.15, -0.1) is 0 Å². The van der Waals surface area contributed by atoms with Gasteiger partial charge in [0.1, 0.15) is 0 Å². The van der Waals surface area contributed by atoms with Crippen molar-refractivity contribution in [1.29, 1.82) is 0 Å². The van der Waals surface area contributed by atoms with Crippen LogP contribution in [0.2, 0.25) is 0 Å². The summed E-state index contributed by atoms with van der Waals surface area (Å²) in [4.78, 5) is 0. The predicted octanol–water partition coefficient (Wildman–Crippen LogP) is 2.80. The smallest absolute Gasteiger partial charge is 0.160 e. The van der Waals surface area contributed by atoms with E-state index in [4.69, 9.17) is 10.4 Å². The number of nitrogens with two attached hydrogens (primary N) is 1. The number of anilines is 2. The third-order valence-electron chi connectivity index (χ3n) is 4.03. The van der Waals surface area contributed by atoms with Gasteiger partial charge in [-0.2, -0.15) is 0 Å². The summed E-state index contributed by atoms with van der Waals surface area (Å²) in [6, 6.07) is 4.26. The number of nitrogens with zero attached hydrogens (tertiary/aromatic N) is 2. The Bertz CT molecular complexity index is 575. The Morgan fingerprint density at radius 1 is 1.33 bits per heavy atom. The summed E-state index contributed by atoms with van der Waals surface area (Å²) in [5, 5.41) is 11.3. The highest BCUT2D eigenvalue weighted by atomic mass is 16.6. The number of rotatable bonds is 2. The molecule has 1 aromatic heterocycles. The van der Waals surface area contributed by atoms with Crippen LogP contribution in [0.5, 0.6) is 0 Å². The van der Waals surface area contributed by atoms with E-state index in [1.165, 1.54) is 19.3 Å². The van der Waals surface area contributed by atoms with E-state index in [0.717, 1.165) is 11.2 Å². The molecule has 2 aromatic rings. The Morgan fingerprint density at radius 2 is 2.11 bits per heavy atom. The van der Waals surface area contributed by atoms with Crippen LogP contribution in [0.15, 0.2) is 16.8 Å². The molecule has 18 heavy (non-hydrogen) atoms. The van der Waals surface area contributed by atoms with Crippen molar-refractivity contribution in [2.45, 2.75) is 39.2 Å². The molecule has 0 radical (unpaired) electrons. The second-order valence-corrected chi connectivity index (χ2v) is 5.74. The fraction of sp³-hybridized carbons (Fsp3) is 0.538. The lowest BCUT2D eigenvalue weighted by atomic mass is 9.87. The first kappa shape index (κ1) is 11.3. The summed E-state index contributed by atoms with van der Waals surface area (Å²) in [7, 11) is 0.